The van der Waals surface area contributed by atoms with E-state index in [1.54, 1.807) is 6.26 Å². The lowest BCUT2D eigenvalue weighted by Crippen LogP contribution is -2.25. The molecule has 1 atom stereocenters. The Hall–Kier alpha value is -2.62. The molecular weight excluding hydrogens is 264 g/mol. The van der Waals surface area contributed by atoms with Gasteiger partial charge in [-0.2, -0.15) is 0 Å². The van der Waals surface area contributed by atoms with Crippen LogP contribution in [-0.4, -0.2) is 12.8 Å². The van der Waals surface area contributed by atoms with Gasteiger partial charge in [0, 0.05) is 11.4 Å². The van der Waals surface area contributed by atoms with Crippen molar-refractivity contribution in [3.05, 3.63) is 72.2 Å². The molecule has 1 aliphatic heterocycles. The fourth-order valence-corrected chi connectivity index (χ4v) is 2.34. The smallest absolute Gasteiger partial charge is 0.229 e. The molecule has 108 valence electrons. The van der Waals surface area contributed by atoms with E-state index in [0.29, 0.717) is 0 Å². The second-order valence-electron chi connectivity index (χ2n) is 4.96. The average molecular weight is 282 g/mol. The normalized spacial score (nSPS) is 14.8. The molecule has 3 rings (SSSR count). The first kappa shape index (κ1) is 13.4. The van der Waals surface area contributed by atoms with Crippen LogP contribution in [0.1, 0.15) is 5.56 Å². The number of benzene rings is 2. The van der Waals surface area contributed by atoms with E-state index in [2.05, 4.69) is 17.4 Å². The zero-order valence-corrected chi connectivity index (χ0v) is 11.7. The largest absolute Gasteiger partial charge is 0.462 e. The molecular formula is C17H18N2O2. The van der Waals surface area contributed by atoms with E-state index in [9.17, 15) is 0 Å². The van der Waals surface area contributed by atoms with Gasteiger partial charge >= 0.3 is 0 Å². The number of hydrogen-bond donors (Lipinski definition) is 2. The van der Waals surface area contributed by atoms with E-state index in [1.165, 1.54) is 5.56 Å². The predicted octanol–water partition coefficient (Wildman–Crippen LogP) is 3.14. The van der Waals surface area contributed by atoms with Crippen LogP contribution in [0.4, 0.5) is 11.4 Å². The van der Waals surface area contributed by atoms with Gasteiger partial charge in [-0.3, -0.25) is 0 Å². The van der Waals surface area contributed by atoms with Crippen molar-refractivity contribution in [3.8, 4) is 0 Å². The van der Waals surface area contributed by atoms with Gasteiger partial charge in [0.05, 0.1) is 6.04 Å². The maximum Gasteiger partial charge on any atom is 0.229 e. The lowest BCUT2D eigenvalue weighted by molar-refractivity contribution is 0.0764. The summed E-state index contributed by atoms with van der Waals surface area (Å²) in [7, 11) is 0. The second-order valence-corrected chi connectivity index (χ2v) is 4.96. The van der Waals surface area contributed by atoms with Gasteiger partial charge in [-0.15, -0.1) is 0 Å². The number of nitrogens with one attached hydrogen (secondary N) is 1. The van der Waals surface area contributed by atoms with Gasteiger partial charge in [-0.05, 0) is 30.2 Å². The molecule has 0 bridgehead atoms. The first-order chi connectivity index (χ1) is 10.3. The summed E-state index contributed by atoms with van der Waals surface area (Å²) < 4.78 is 10.7. The van der Waals surface area contributed by atoms with E-state index in [0.717, 1.165) is 23.6 Å². The zero-order valence-electron chi connectivity index (χ0n) is 11.7. The van der Waals surface area contributed by atoms with Crippen molar-refractivity contribution in [2.24, 2.45) is 0 Å². The Bertz CT molecular complexity index is 626. The van der Waals surface area contributed by atoms with Crippen molar-refractivity contribution in [2.45, 2.75) is 12.5 Å². The summed E-state index contributed by atoms with van der Waals surface area (Å²) in [5, 5.41) is 3.46. The quantitative estimate of drug-likeness (QED) is 0.827. The highest BCUT2D eigenvalue weighted by molar-refractivity contribution is 5.55. The fraction of sp³-hybridized carbons (Fsp3) is 0.176. The maximum absolute atomic E-state index is 5.83. The average Bonchev–Trinajstić information content (AvgIpc) is 3.02. The first-order valence-electron chi connectivity index (χ1n) is 6.92. The number of hydrogen-bond acceptors (Lipinski definition) is 4. The van der Waals surface area contributed by atoms with Gasteiger partial charge in [0.1, 0.15) is 6.26 Å². The summed E-state index contributed by atoms with van der Waals surface area (Å²) in [6.07, 6.45) is 2.48. The minimum Gasteiger partial charge on any atom is -0.462 e. The van der Waals surface area contributed by atoms with Crippen LogP contribution in [-0.2, 0) is 15.9 Å². The van der Waals surface area contributed by atoms with Crippen LogP contribution in [0, 0.1) is 0 Å². The van der Waals surface area contributed by atoms with Crippen LogP contribution >= 0.6 is 0 Å². The number of nitrogens with two attached hydrogens (primary N) is 1. The van der Waals surface area contributed by atoms with Gasteiger partial charge in [0.15, 0.2) is 5.76 Å². The standard InChI is InChI=1S/C17H18N2O2/c18-14-7-4-8-15(10-14)19-16(17-11-20-12-21-17)9-13-5-2-1-3-6-13/h1-8,10-11,16,19H,9,12,18H2. The summed E-state index contributed by atoms with van der Waals surface area (Å²) in [6.45, 7) is 0.277. The van der Waals surface area contributed by atoms with E-state index in [1.807, 2.05) is 42.5 Å². The second kappa shape index (κ2) is 6.22. The molecule has 3 N–H and O–H groups in total. The number of rotatable bonds is 5. The highest BCUT2D eigenvalue weighted by Crippen LogP contribution is 2.21. The Morgan fingerprint density at radius 3 is 2.67 bits per heavy atom. The van der Waals surface area contributed by atoms with E-state index in [-0.39, 0.29) is 12.8 Å². The molecule has 0 aromatic heterocycles. The lowest BCUT2D eigenvalue weighted by Gasteiger charge is -2.20. The van der Waals surface area contributed by atoms with Gasteiger partial charge in [0.25, 0.3) is 0 Å². The van der Waals surface area contributed by atoms with Crippen LogP contribution in [0.2, 0.25) is 0 Å². The molecule has 0 aliphatic carbocycles. The molecule has 0 amide bonds. The third-order valence-electron chi connectivity index (χ3n) is 3.35. The van der Waals surface area contributed by atoms with Crippen molar-refractivity contribution in [1.29, 1.82) is 0 Å². The Kier molecular flexibility index (Phi) is 3.96. The molecule has 4 heteroatoms. The maximum atomic E-state index is 5.83. The van der Waals surface area contributed by atoms with Gasteiger partial charge < -0.3 is 20.5 Å². The van der Waals surface area contributed by atoms with Crippen molar-refractivity contribution in [1.82, 2.24) is 0 Å². The number of ether oxygens (including phenoxy) is 2. The molecule has 2 aromatic rings. The Morgan fingerprint density at radius 1 is 1.10 bits per heavy atom. The molecule has 1 aliphatic rings. The van der Waals surface area contributed by atoms with Crippen molar-refractivity contribution in [3.63, 3.8) is 0 Å². The van der Waals surface area contributed by atoms with Crippen molar-refractivity contribution in [2.75, 3.05) is 17.8 Å². The zero-order chi connectivity index (χ0) is 14.5. The summed E-state index contributed by atoms with van der Waals surface area (Å²) in [4.78, 5) is 0. The molecule has 4 nitrogen and oxygen atoms in total. The molecule has 0 saturated heterocycles. The van der Waals surface area contributed by atoms with Crippen LogP contribution in [0.15, 0.2) is 66.6 Å². The highest BCUT2D eigenvalue weighted by atomic mass is 16.7. The SMILES string of the molecule is Nc1cccc(NC(Cc2ccccc2)C2=COCO2)c1. The number of nitrogen functional groups attached to an aromatic ring is 1. The lowest BCUT2D eigenvalue weighted by atomic mass is 10.0. The highest BCUT2D eigenvalue weighted by Gasteiger charge is 2.20. The molecule has 0 fully saturated rings. The predicted molar refractivity (Wildman–Crippen MR) is 83.5 cm³/mol. The molecule has 0 radical (unpaired) electrons. The topological polar surface area (TPSA) is 56.5 Å². The van der Waals surface area contributed by atoms with E-state index >= 15 is 0 Å². The molecule has 0 spiro atoms. The van der Waals surface area contributed by atoms with Crippen LogP contribution in [0.3, 0.4) is 0 Å². The van der Waals surface area contributed by atoms with Crippen LogP contribution in [0.5, 0.6) is 0 Å². The van der Waals surface area contributed by atoms with Gasteiger partial charge in [0.2, 0.25) is 6.79 Å². The molecule has 1 unspecified atom stereocenters. The summed E-state index contributed by atoms with van der Waals surface area (Å²) in [6, 6.07) is 18.0. The van der Waals surface area contributed by atoms with E-state index < -0.39 is 0 Å². The van der Waals surface area contributed by atoms with Gasteiger partial charge in [-0.25, -0.2) is 0 Å². The van der Waals surface area contributed by atoms with Crippen molar-refractivity contribution < 1.29 is 9.47 Å². The Labute approximate surface area is 124 Å². The van der Waals surface area contributed by atoms with Crippen LogP contribution in [0.25, 0.3) is 0 Å². The summed E-state index contributed by atoms with van der Waals surface area (Å²) in [5.41, 5.74) is 8.76. The Balaban J connectivity index is 1.79. The summed E-state index contributed by atoms with van der Waals surface area (Å²) in [5.74, 6) is 0.807. The van der Waals surface area contributed by atoms with Gasteiger partial charge in [-0.1, -0.05) is 36.4 Å². The molecule has 0 saturated carbocycles. The van der Waals surface area contributed by atoms with E-state index in [4.69, 9.17) is 15.2 Å². The Morgan fingerprint density at radius 2 is 1.95 bits per heavy atom. The fourth-order valence-electron chi connectivity index (χ4n) is 2.34. The monoisotopic (exact) mass is 282 g/mol. The number of anilines is 2. The van der Waals surface area contributed by atoms with Crippen molar-refractivity contribution >= 4 is 11.4 Å². The molecule has 21 heavy (non-hydrogen) atoms. The van der Waals surface area contributed by atoms with Crippen LogP contribution < -0.4 is 11.1 Å². The third-order valence-corrected chi connectivity index (χ3v) is 3.35. The summed E-state index contributed by atoms with van der Waals surface area (Å²) >= 11 is 0. The minimum absolute atomic E-state index is 0.0108. The molecule has 1 heterocycles. The first-order valence-corrected chi connectivity index (χ1v) is 6.92. The molecule has 2 aromatic carbocycles. The third kappa shape index (κ3) is 3.48. The minimum atomic E-state index is 0.0108.